The number of halogens is 1. The Morgan fingerprint density at radius 2 is 2.26 bits per heavy atom. The highest BCUT2D eigenvalue weighted by Gasteiger charge is 2.25. The van der Waals surface area contributed by atoms with E-state index in [0.717, 1.165) is 10.9 Å². The molecule has 2 nitrogen and oxygen atoms in total. The van der Waals surface area contributed by atoms with Gasteiger partial charge in [-0.25, -0.2) is 0 Å². The Bertz CT molecular complexity index is 523. The largest absolute Gasteiger partial charge is 0.305 e. The minimum atomic E-state index is 0.286. The van der Waals surface area contributed by atoms with Crippen LogP contribution < -0.4 is 5.32 Å². The summed E-state index contributed by atoms with van der Waals surface area (Å²) in [5.41, 5.74) is 0. The van der Waals surface area contributed by atoms with E-state index in [-0.39, 0.29) is 6.04 Å². The quantitative estimate of drug-likeness (QED) is 0.922. The minimum Gasteiger partial charge on any atom is -0.305 e. The first-order valence-electron chi connectivity index (χ1n) is 6.45. The Morgan fingerprint density at radius 1 is 1.37 bits per heavy atom. The number of likely N-dealkylation sites (N-methyl/N-ethyl adjacent to an activating group) is 1. The molecular weight excluding hydrogens is 296 g/mol. The lowest BCUT2D eigenvalue weighted by atomic mass is 10.1. The number of thiophene rings is 2. The number of hydrogen-bond donors (Lipinski definition) is 1. The Morgan fingerprint density at radius 3 is 2.84 bits per heavy atom. The minimum absolute atomic E-state index is 0.286. The molecule has 2 unspecified atom stereocenters. The summed E-state index contributed by atoms with van der Waals surface area (Å²) in [6, 6.07) is 9.31. The van der Waals surface area contributed by atoms with Gasteiger partial charge < -0.3 is 10.2 Å². The van der Waals surface area contributed by atoms with Crippen LogP contribution in [0.1, 0.15) is 22.2 Å². The topological polar surface area (TPSA) is 15.3 Å². The molecule has 0 aromatic carbocycles. The van der Waals surface area contributed by atoms with Crippen LogP contribution in [0.3, 0.4) is 0 Å². The highest BCUT2D eigenvalue weighted by Crippen LogP contribution is 2.33. The molecule has 0 bridgehead atoms. The molecule has 19 heavy (non-hydrogen) atoms. The Balaban J connectivity index is 1.81. The molecule has 1 aliphatic heterocycles. The van der Waals surface area contributed by atoms with E-state index in [9.17, 15) is 0 Å². The van der Waals surface area contributed by atoms with Crippen LogP contribution in [-0.2, 0) is 0 Å². The molecular formula is C14H17ClN2S2. The van der Waals surface area contributed by atoms with Gasteiger partial charge in [0.2, 0.25) is 0 Å². The summed E-state index contributed by atoms with van der Waals surface area (Å²) in [6.45, 7) is 2.31. The predicted molar refractivity (Wildman–Crippen MR) is 84.5 cm³/mol. The van der Waals surface area contributed by atoms with Crippen molar-refractivity contribution in [1.29, 1.82) is 0 Å². The van der Waals surface area contributed by atoms with Crippen molar-refractivity contribution in [3.05, 3.63) is 43.7 Å². The van der Waals surface area contributed by atoms with E-state index >= 15 is 0 Å². The molecule has 0 aliphatic carbocycles. The first-order valence-corrected chi connectivity index (χ1v) is 8.53. The zero-order chi connectivity index (χ0) is 13.2. The highest BCUT2D eigenvalue weighted by atomic mass is 35.5. The summed E-state index contributed by atoms with van der Waals surface area (Å²) in [7, 11) is 2.18. The van der Waals surface area contributed by atoms with Gasteiger partial charge in [0.25, 0.3) is 0 Å². The number of rotatable bonds is 4. The third kappa shape index (κ3) is 3.20. The number of nitrogens with zero attached hydrogens (tertiary/aromatic N) is 1. The molecule has 2 aromatic rings. The lowest BCUT2D eigenvalue weighted by Crippen LogP contribution is -2.34. The SMILES string of the molecule is CN1CCC(NC(c2cccs2)c2ccc(Cl)s2)C1. The Kier molecular flexibility index (Phi) is 4.24. The molecule has 3 rings (SSSR count). The first kappa shape index (κ1) is 13.6. The van der Waals surface area contributed by atoms with Crippen molar-refractivity contribution in [3.8, 4) is 0 Å². The zero-order valence-corrected chi connectivity index (χ0v) is 13.2. The average Bonchev–Trinajstić information content (AvgIpc) is 3.08. The van der Waals surface area contributed by atoms with Crippen LogP contribution in [0, 0.1) is 0 Å². The van der Waals surface area contributed by atoms with Crippen LogP contribution in [-0.4, -0.2) is 31.1 Å². The second kappa shape index (κ2) is 5.94. The van der Waals surface area contributed by atoms with Crippen LogP contribution in [0.5, 0.6) is 0 Å². The molecule has 0 spiro atoms. The smallest absolute Gasteiger partial charge is 0.0931 e. The van der Waals surface area contributed by atoms with Crippen LogP contribution >= 0.6 is 34.3 Å². The lowest BCUT2D eigenvalue weighted by molar-refractivity contribution is 0.392. The molecule has 102 valence electrons. The molecule has 2 aromatic heterocycles. The van der Waals surface area contributed by atoms with Crippen molar-refractivity contribution in [2.75, 3.05) is 20.1 Å². The maximum atomic E-state index is 6.09. The molecule has 0 amide bonds. The van der Waals surface area contributed by atoms with Gasteiger partial charge in [0.05, 0.1) is 10.4 Å². The number of nitrogens with one attached hydrogen (secondary N) is 1. The van der Waals surface area contributed by atoms with Gasteiger partial charge in [-0.2, -0.15) is 0 Å². The van der Waals surface area contributed by atoms with E-state index in [1.807, 2.05) is 6.07 Å². The molecule has 0 radical (unpaired) electrons. The maximum Gasteiger partial charge on any atom is 0.0931 e. The summed E-state index contributed by atoms with van der Waals surface area (Å²) in [4.78, 5) is 5.06. The summed E-state index contributed by atoms with van der Waals surface area (Å²) < 4.78 is 0.863. The molecule has 3 heterocycles. The van der Waals surface area contributed by atoms with E-state index in [2.05, 4.69) is 40.8 Å². The van der Waals surface area contributed by atoms with Gasteiger partial charge in [-0.1, -0.05) is 17.7 Å². The van der Waals surface area contributed by atoms with Gasteiger partial charge in [0, 0.05) is 22.3 Å². The molecule has 1 aliphatic rings. The van der Waals surface area contributed by atoms with E-state index in [1.54, 1.807) is 22.7 Å². The van der Waals surface area contributed by atoms with Crippen molar-refractivity contribution in [1.82, 2.24) is 10.2 Å². The standard InChI is InChI=1S/C14H17ClN2S2/c1-17-7-6-10(9-17)16-14(11-3-2-8-18-11)12-4-5-13(15)19-12/h2-5,8,10,14,16H,6-7,9H2,1H3. The van der Waals surface area contributed by atoms with Crippen LogP contribution in [0.4, 0.5) is 0 Å². The summed E-state index contributed by atoms with van der Waals surface area (Å²) >= 11 is 9.57. The predicted octanol–water partition coefficient (Wildman–Crippen LogP) is 3.85. The van der Waals surface area contributed by atoms with Gasteiger partial charge in [-0.3, -0.25) is 0 Å². The first-order chi connectivity index (χ1) is 9.22. The fourth-order valence-electron chi connectivity index (χ4n) is 2.55. The number of likely N-dealkylation sites (tertiary alicyclic amines) is 1. The van der Waals surface area contributed by atoms with Crippen molar-refractivity contribution < 1.29 is 0 Å². The van der Waals surface area contributed by atoms with E-state index in [4.69, 9.17) is 11.6 Å². The van der Waals surface area contributed by atoms with Gasteiger partial charge in [-0.15, -0.1) is 22.7 Å². The molecule has 1 N–H and O–H groups in total. The van der Waals surface area contributed by atoms with Crippen LogP contribution in [0.15, 0.2) is 29.6 Å². The third-order valence-corrected chi connectivity index (χ3v) is 5.73. The average molecular weight is 313 g/mol. The summed E-state index contributed by atoms with van der Waals surface area (Å²) in [5.74, 6) is 0. The normalized spacial score (nSPS) is 21.9. The summed E-state index contributed by atoms with van der Waals surface area (Å²) in [6.07, 6.45) is 1.22. The van der Waals surface area contributed by atoms with E-state index in [0.29, 0.717) is 6.04 Å². The van der Waals surface area contributed by atoms with Crippen molar-refractivity contribution in [2.45, 2.75) is 18.5 Å². The Labute approximate surface area is 127 Å². The molecule has 1 fully saturated rings. The van der Waals surface area contributed by atoms with Gasteiger partial charge >= 0.3 is 0 Å². The second-order valence-electron chi connectivity index (χ2n) is 5.00. The van der Waals surface area contributed by atoms with Crippen LogP contribution in [0.2, 0.25) is 4.34 Å². The molecule has 5 heteroatoms. The summed E-state index contributed by atoms with van der Waals surface area (Å²) in [5, 5.41) is 5.94. The van der Waals surface area contributed by atoms with Crippen molar-refractivity contribution in [3.63, 3.8) is 0 Å². The van der Waals surface area contributed by atoms with Crippen molar-refractivity contribution >= 4 is 34.3 Å². The zero-order valence-electron chi connectivity index (χ0n) is 10.8. The molecule has 1 saturated heterocycles. The highest BCUT2D eigenvalue weighted by molar-refractivity contribution is 7.16. The maximum absolute atomic E-state index is 6.09. The molecule has 2 atom stereocenters. The van der Waals surface area contributed by atoms with Gasteiger partial charge in [0.15, 0.2) is 0 Å². The lowest BCUT2D eigenvalue weighted by Gasteiger charge is -2.21. The monoisotopic (exact) mass is 312 g/mol. The third-order valence-electron chi connectivity index (χ3n) is 3.50. The fraction of sp³-hybridized carbons (Fsp3) is 0.429. The van der Waals surface area contributed by atoms with E-state index in [1.165, 1.54) is 22.7 Å². The Hall–Kier alpha value is -0.390. The van der Waals surface area contributed by atoms with Gasteiger partial charge in [0.1, 0.15) is 0 Å². The fourth-order valence-corrected chi connectivity index (χ4v) is 4.57. The van der Waals surface area contributed by atoms with Crippen LogP contribution in [0.25, 0.3) is 0 Å². The number of hydrogen-bond acceptors (Lipinski definition) is 4. The second-order valence-corrected chi connectivity index (χ2v) is 7.73. The van der Waals surface area contributed by atoms with E-state index < -0.39 is 0 Å². The molecule has 0 saturated carbocycles. The van der Waals surface area contributed by atoms with Crippen molar-refractivity contribution in [2.24, 2.45) is 0 Å². The van der Waals surface area contributed by atoms with Gasteiger partial charge in [-0.05, 0) is 43.6 Å².